The summed E-state index contributed by atoms with van der Waals surface area (Å²) in [6, 6.07) is 8.60. The number of benzene rings is 1. The minimum Gasteiger partial charge on any atom is -0.479 e. The molecule has 2 N–H and O–H groups in total. The van der Waals surface area contributed by atoms with Crippen LogP contribution in [-0.2, 0) is 10.0 Å². The van der Waals surface area contributed by atoms with Crippen LogP contribution in [0.1, 0.15) is 5.56 Å². The smallest absolute Gasteiger partial charge is 0.336 e. The summed E-state index contributed by atoms with van der Waals surface area (Å²) in [5.74, 6) is -1.16. The van der Waals surface area contributed by atoms with Gasteiger partial charge >= 0.3 is 5.97 Å². The third kappa shape index (κ3) is 1.96. The van der Waals surface area contributed by atoms with Crippen LogP contribution in [0.15, 0.2) is 30.3 Å². The van der Waals surface area contributed by atoms with E-state index in [1.807, 2.05) is 19.6 Å². The molecule has 82 valence electrons. The Balaban J connectivity index is 3.32. The van der Waals surface area contributed by atoms with Crippen molar-refractivity contribution >= 4 is 14.0 Å². The highest BCUT2D eigenvalue weighted by Gasteiger charge is 2.49. The van der Waals surface area contributed by atoms with E-state index in [4.69, 9.17) is 0 Å². The van der Waals surface area contributed by atoms with E-state index >= 15 is 0 Å². The van der Waals surface area contributed by atoms with Crippen LogP contribution in [0.25, 0.3) is 0 Å². The summed E-state index contributed by atoms with van der Waals surface area (Å²) < 4.78 is 0. The molecule has 0 aliphatic heterocycles. The van der Waals surface area contributed by atoms with Gasteiger partial charge in [-0.3, -0.25) is 0 Å². The topological polar surface area (TPSA) is 57.5 Å². The van der Waals surface area contributed by atoms with Crippen LogP contribution in [-0.4, -0.2) is 24.3 Å². The van der Waals surface area contributed by atoms with Gasteiger partial charge in [0, 0.05) is 0 Å². The van der Waals surface area contributed by atoms with Gasteiger partial charge in [-0.2, -0.15) is 0 Å². The Bertz CT molecular complexity index is 356. The highest BCUT2D eigenvalue weighted by atomic mass is 28.3. The molecular formula is C11H16O3Si. The van der Waals surface area contributed by atoms with Crippen molar-refractivity contribution < 1.29 is 15.0 Å². The van der Waals surface area contributed by atoms with Gasteiger partial charge in [-0.25, -0.2) is 4.79 Å². The lowest BCUT2D eigenvalue weighted by Crippen LogP contribution is -2.55. The van der Waals surface area contributed by atoms with Crippen LogP contribution >= 0.6 is 0 Å². The van der Waals surface area contributed by atoms with Crippen LogP contribution in [0, 0.1) is 0 Å². The largest absolute Gasteiger partial charge is 0.479 e. The molecule has 0 aliphatic rings. The lowest BCUT2D eigenvalue weighted by molar-refractivity contribution is -0.151. The fourth-order valence-corrected chi connectivity index (χ4v) is 3.23. The predicted octanol–water partition coefficient (Wildman–Crippen LogP) is 1.84. The van der Waals surface area contributed by atoms with Crippen molar-refractivity contribution in [2.75, 3.05) is 0 Å². The minimum atomic E-state index is -2.26. The van der Waals surface area contributed by atoms with Gasteiger partial charge in [0.05, 0.1) is 0 Å². The average Bonchev–Trinajstić information content (AvgIpc) is 2.16. The molecule has 0 bridgehead atoms. The first-order valence-electron chi connectivity index (χ1n) is 4.81. The molecule has 0 fully saturated rings. The minimum absolute atomic E-state index is 0.469. The van der Waals surface area contributed by atoms with Crippen LogP contribution in [0.4, 0.5) is 0 Å². The second-order valence-electron chi connectivity index (χ2n) is 4.63. The molecule has 3 nitrogen and oxygen atoms in total. The molecule has 1 aromatic carbocycles. The van der Waals surface area contributed by atoms with Crippen molar-refractivity contribution in [3.63, 3.8) is 0 Å². The monoisotopic (exact) mass is 224 g/mol. The lowest BCUT2D eigenvalue weighted by Gasteiger charge is -2.35. The number of aliphatic carboxylic acids is 1. The van der Waals surface area contributed by atoms with Gasteiger partial charge in [0.25, 0.3) is 0 Å². The van der Waals surface area contributed by atoms with Crippen molar-refractivity contribution in [1.82, 2.24) is 0 Å². The molecule has 1 unspecified atom stereocenters. The maximum atomic E-state index is 11.3. The van der Waals surface area contributed by atoms with Crippen molar-refractivity contribution in [1.29, 1.82) is 0 Å². The van der Waals surface area contributed by atoms with Crippen LogP contribution in [0.5, 0.6) is 0 Å². The predicted molar refractivity (Wildman–Crippen MR) is 61.3 cm³/mol. The number of hydrogen-bond acceptors (Lipinski definition) is 2. The summed E-state index contributed by atoms with van der Waals surface area (Å²) in [5, 5.41) is 17.9. The van der Waals surface area contributed by atoms with E-state index in [2.05, 4.69) is 0 Å². The van der Waals surface area contributed by atoms with Gasteiger partial charge in [-0.15, -0.1) is 0 Å². The molecule has 0 saturated carbocycles. The summed E-state index contributed by atoms with van der Waals surface area (Å²) in [4.78, 5) is 11.3. The molecule has 0 aromatic heterocycles. The Morgan fingerprint density at radius 1 is 1.20 bits per heavy atom. The van der Waals surface area contributed by atoms with E-state index in [-0.39, 0.29) is 0 Å². The third-order valence-corrected chi connectivity index (χ3v) is 5.26. The van der Waals surface area contributed by atoms with Gasteiger partial charge in [0.1, 0.15) is 8.07 Å². The molecule has 0 radical (unpaired) electrons. The van der Waals surface area contributed by atoms with Gasteiger partial charge < -0.3 is 10.2 Å². The third-order valence-electron chi connectivity index (χ3n) is 2.59. The van der Waals surface area contributed by atoms with E-state index in [1.165, 1.54) is 0 Å². The number of carbonyl (C=O) groups is 1. The maximum absolute atomic E-state index is 11.3. The number of hydrogen-bond donors (Lipinski definition) is 2. The number of carboxylic acid groups (broad SMARTS) is 1. The fraction of sp³-hybridized carbons (Fsp3) is 0.364. The van der Waals surface area contributed by atoms with E-state index in [9.17, 15) is 15.0 Å². The Kier molecular flexibility index (Phi) is 3.02. The Hall–Kier alpha value is -1.13. The molecule has 1 rings (SSSR count). The normalized spacial score (nSPS) is 15.7. The first-order chi connectivity index (χ1) is 6.80. The van der Waals surface area contributed by atoms with Gasteiger partial charge in [0.2, 0.25) is 0 Å². The Morgan fingerprint density at radius 2 is 1.67 bits per heavy atom. The number of aliphatic hydroxyl groups is 1. The average molecular weight is 224 g/mol. The van der Waals surface area contributed by atoms with E-state index in [1.54, 1.807) is 30.3 Å². The maximum Gasteiger partial charge on any atom is 0.336 e. The van der Waals surface area contributed by atoms with Crippen LogP contribution in [0.2, 0.25) is 19.6 Å². The Morgan fingerprint density at radius 3 is 2.00 bits per heavy atom. The quantitative estimate of drug-likeness (QED) is 0.770. The van der Waals surface area contributed by atoms with E-state index in [0.29, 0.717) is 5.56 Å². The molecule has 0 amide bonds. The van der Waals surface area contributed by atoms with Crippen molar-refractivity contribution in [3.8, 4) is 0 Å². The van der Waals surface area contributed by atoms with E-state index < -0.39 is 19.3 Å². The van der Waals surface area contributed by atoms with Crippen molar-refractivity contribution in [2.45, 2.75) is 24.9 Å². The molecule has 0 aliphatic carbocycles. The molecule has 1 aromatic rings. The zero-order valence-corrected chi connectivity index (χ0v) is 10.2. The first-order valence-corrected chi connectivity index (χ1v) is 8.31. The second kappa shape index (κ2) is 3.79. The van der Waals surface area contributed by atoms with Crippen LogP contribution < -0.4 is 0 Å². The Labute approximate surface area is 90.4 Å². The summed E-state index contributed by atoms with van der Waals surface area (Å²) in [5.41, 5.74) is 0.469. The van der Waals surface area contributed by atoms with Gasteiger partial charge in [-0.1, -0.05) is 50.0 Å². The zero-order chi connectivity index (χ0) is 11.7. The second-order valence-corrected chi connectivity index (χ2v) is 9.86. The SMILES string of the molecule is C[Si](C)(C)C(O)(C(=O)O)c1ccccc1. The van der Waals surface area contributed by atoms with E-state index in [0.717, 1.165) is 0 Å². The standard InChI is InChI=1S/C11H16O3Si/c1-15(2,3)11(14,10(12)13)9-7-5-4-6-8-9/h4-8,14H,1-3H3,(H,12,13). The summed E-state index contributed by atoms with van der Waals surface area (Å²) in [7, 11) is -2.26. The first kappa shape index (κ1) is 11.9. The molecule has 0 heterocycles. The number of carboxylic acids is 1. The number of rotatable bonds is 3. The molecule has 0 saturated heterocycles. The lowest BCUT2D eigenvalue weighted by atomic mass is 10.1. The van der Waals surface area contributed by atoms with Gasteiger partial charge in [-0.05, 0) is 5.56 Å². The fourth-order valence-electron chi connectivity index (χ4n) is 1.56. The summed E-state index contributed by atoms with van der Waals surface area (Å²) in [6.07, 6.45) is 0. The highest BCUT2D eigenvalue weighted by Crippen LogP contribution is 2.31. The summed E-state index contributed by atoms with van der Waals surface area (Å²) >= 11 is 0. The van der Waals surface area contributed by atoms with Crippen LogP contribution in [0.3, 0.4) is 0 Å². The molecule has 15 heavy (non-hydrogen) atoms. The summed E-state index contributed by atoms with van der Waals surface area (Å²) in [6.45, 7) is 5.52. The highest BCUT2D eigenvalue weighted by molar-refractivity contribution is 6.81. The van der Waals surface area contributed by atoms with Crippen molar-refractivity contribution in [3.05, 3.63) is 35.9 Å². The van der Waals surface area contributed by atoms with Crippen molar-refractivity contribution in [2.24, 2.45) is 0 Å². The molecule has 1 atom stereocenters. The molecular weight excluding hydrogens is 208 g/mol. The molecule has 4 heteroatoms. The molecule has 0 spiro atoms. The van der Waals surface area contributed by atoms with Gasteiger partial charge in [0.15, 0.2) is 5.22 Å². The zero-order valence-electron chi connectivity index (χ0n) is 9.19.